The molecule has 76 valence electrons. The van der Waals surface area contributed by atoms with Crippen LogP contribution < -0.4 is 10.5 Å². The van der Waals surface area contributed by atoms with Crippen molar-refractivity contribution in [3.05, 3.63) is 35.4 Å². The third kappa shape index (κ3) is 2.29. The first-order chi connectivity index (χ1) is 6.69. The molecule has 0 unspecified atom stereocenters. The average Bonchev–Trinajstić information content (AvgIpc) is 2.17. The normalized spacial score (nSPS) is 10.9. The van der Waals surface area contributed by atoms with Crippen molar-refractivity contribution >= 4 is 6.08 Å². The molecule has 0 spiro atoms. The number of hydrogen-bond donors (Lipinski definition) is 1. The van der Waals surface area contributed by atoms with Gasteiger partial charge in [0.1, 0.15) is 5.82 Å². The highest BCUT2D eigenvalue weighted by Gasteiger charge is 2.07. The number of hydrogen-bond acceptors (Lipinski definition) is 2. The van der Waals surface area contributed by atoms with Crippen LogP contribution in [-0.4, -0.2) is 13.7 Å². The van der Waals surface area contributed by atoms with Crippen LogP contribution in [0.4, 0.5) is 8.78 Å². The zero-order chi connectivity index (χ0) is 10.6. The maximum Gasteiger partial charge on any atom is 0.168 e. The van der Waals surface area contributed by atoms with E-state index in [1.807, 2.05) is 0 Å². The van der Waals surface area contributed by atoms with Gasteiger partial charge in [0.2, 0.25) is 0 Å². The van der Waals surface area contributed by atoms with Crippen molar-refractivity contribution in [3.8, 4) is 5.75 Å². The first kappa shape index (κ1) is 10.7. The summed E-state index contributed by atoms with van der Waals surface area (Å²) < 4.78 is 30.8. The molecule has 2 nitrogen and oxygen atoms in total. The summed E-state index contributed by atoms with van der Waals surface area (Å²) in [5.41, 5.74) is 5.47. The number of methoxy groups -OCH3 is 1. The van der Waals surface area contributed by atoms with Crippen molar-refractivity contribution in [3.63, 3.8) is 0 Å². The third-order valence-electron chi connectivity index (χ3n) is 1.70. The minimum absolute atomic E-state index is 0.0167. The Morgan fingerprint density at radius 1 is 1.36 bits per heavy atom. The van der Waals surface area contributed by atoms with E-state index < -0.39 is 11.6 Å². The van der Waals surface area contributed by atoms with Gasteiger partial charge in [0, 0.05) is 18.2 Å². The average molecular weight is 199 g/mol. The summed E-state index contributed by atoms with van der Waals surface area (Å²) in [7, 11) is 1.33. The maximum atomic E-state index is 13.1. The van der Waals surface area contributed by atoms with E-state index in [1.54, 1.807) is 6.08 Å². The molecule has 0 aliphatic carbocycles. The Balaban J connectivity index is 3.10. The molecular formula is C10H11F2NO. The van der Waals surface area contributed by atoms with Crippen molar-refractivity contribution in [1.29, 1.82) is 0 Å². The van der Waals surface area contributed by atoms with Gasteiger partial charge in [-0.25, -0.2) is 8.78 Å². The Kier molecular flexibility index (Phi) is 3.59. The van der Waals surface area contributed by atoms with E-state index in [4.69, 9.17) is 10.5 Å². The van der Waals surface area contributed by atoms with Gasteiger partial charge in [-0.05, 0) is 6.07 Å². The number of nitrogens with two attached hydrogens (primary N) is 1. The van der Waals surface area contributed by atoms with E-state index in [0.717, 1.165) is 6.07 Å². The second-order valence-corrected chi connectivity index (χ2v) is 2.65. The van der Waals surface area contributed by atoms with Crippen LogP contribution in [0.25, 0.3) is 6.08 Å². The minimum Gasteiger partial charge on any atom is -0.494 e. The van der Waals surface area contributed by atoms with Crippen LogP contribution in [0.1, 0.15) is 5.56 Å². The summed E-state index contributed by atoms with van der Waals surface area (Å²) in [6.07, 6.45) is 3.06. The Hall–Kier alpha value is -1.42. The van der Waals surface area contributed by atoms with Gasteiger partial charge in [0.25, 0.3) is 0 Å². The zero-order valence-electron chi connectivity index (χ0n) is 7.76. The molecule has 0 saturated carbocycles. The van der Waals surface area contributed by atoms with Gasteiger partial charge in [-0.3, -0.25) is 0 Å². The van der Waals surface area contributed by atoms with E-state index >= 15 is 0 Å². The second-order valence-electron chi connectivity index (χ2n) is 2.65. The van der Waals surface area contributed by atoms with Crippen molar-refractivity contribution in [2.75, 3.05) is 13.7 Å². The highest BCUT2D eigenvalue weighted by molar-refractivity contribution is 5.53. The fourth-order valence-corrected chi connectivity index (χ4v) is 1.02. The van der Waals surface area contributed by atoms with E-state index in [-0.39, 0.29) is 11.3 Å². The SMILES string of the molecule is COc1cc(/C=C/CN)c(F)cc1F. The molecule has 0 bridgehead atoms. The van der Waals surface area contributed by atoms with Crippen LogP contribution in [0.5, 0.6) is 5.75 Å². The molecule has 2 N–H and O–H groups in total. The zero-order valence-corrected chi connectivity index (χ0v) is 7.76. The van der Waals surface area contributed by atoms with Crippen molar-refractivity contribution in [2.45, 2.75) is 0 Å². The van der Waals surface area contributed by atoms with Gasteiger partial charge in [0.15, 0.2) is 11.6 Å². The summed E-state index contributed by atoms with van der Waals surface area (Å²) >= 11 is 0. The number of ether oxygens (including phenoxy) is 1. The van der Waals surface area contributed by atoms with Crippen molar-refractivity contribution in [2.24, 2.45) is 5.73 Å². The molecule has 0 fully saturated rings. The Bertz CT molecular complexity index is 350. The van der Waals surface area contributed by atoms with Crippen molar-refractivity contribution in [1.82, 2.24) is 0 Å². The Morgan fingerprint density at radius 2 is 2.07 bits per heavy atom. The first-order valence-corrected chi connectivity index (χ1v) is 4.08. The number of halogens is 2. The first-order valence-electron chi connectivity index (χ1n) is 4.08. The summed E-state index contributed by atoms with van der Waals surface area (Å²) in [5.74, 6) is -1.33. The second kappa shape index (κ2) is 4.72. The highest BCUT2D eigenvalue weighted by atomic mass is 19.1. The standard InChI is InChI=1S/C10H11F2NO/c1-14-10-5-7(3-2-4-13)8(11)6-9(10)12/h2-3,5-6H,4,13H2,1H3/b3-2+. The number of benzene rings is 1. The van der Waals surface area contributed by atoms with Gasteiger partial charge in [0.05, 0.1) is 7.11 Å². The van der Waals surface area contributed by atoms with Gasteiger partial charge in [-0.15, -0.1) is 0 Å². The highest BCUT2D eigenvalue weighted by Crippen LogP contribution is 2.22. The molecule has 14 heavy (non-hydrogen) atoms. The lowest BCUT2D eigenvalue weighted by molar-refractivity contribution is 0.384. The fraction of sp³-hybridized carbons (Fsp3) is 0.200. The van der Waals surface area contributed by atoms with Gasteiger partial charge < -0.3 is 10.5 Å². The molecule has 0 saturated heterocycles. The lowest BCUT2D eigenvalue weighted by Crippen LogP contribution is -1.94. The molecule has 0 atom stereocenters. The van der Waals surface area contributed by atoms with Crippen LogP contribution >= 0.6 is 0 Å². The van der Waals surface area contributed by atoms with Gasteiger partial charge >= 0.3 is 0 Å². The molecule has 1 aromatic rings. The summed E-state index contributed by atoms with van der Waals surface area (Å²) in [5, 5.41) is 0. The van der Waals surface area contributed by atoms with E-state index in [0.29, 0.717) is 6.54 Å². The molecule has 0 aliphatic rings. The maximum absolute atomic E-state index is 13.1. The summed E-state index contributed by atoms with van der Waals surface area (Å²) in [6.45, 7) is 0.305. The smallest absolute Gasteiger partial charge is 0.168 e. The molecular weight excluding hydrogens is 188 g/mol. The largest absolute Gasteiger partial charge is 0.494 e. The Labute approximate surface area is 81.0 Å². The van der Waals surface area contributed by atoms with Crippen LogP contribution in [0.15, 0.2) is 18.2 Å². The Morgan fingerprint density at radius 3 is 2.64 bits per heavy atom. The van der Waals surface area contributed by atoms with Crippen LogP contribution in [0.3, 0.4) is 0 Å². The molecule has 0 aromatic heterocycles. The van der Waals surface area contributed by atoms with Crippen LogP contribution in [0.2, 0.25) is 0 Å². The predicted octanol–water partition coefficient (Wildman–Crippen LogP) is 1.95. The van der Waals surface area contributed by atoms with Gasteiger partial charge in [-0.2, -0.15) is 0 Å². The van der Waals surface area contributed by atoms with E-state index in [2.05, 4.69) is 0 Å². The lowest BCUT2D eigenvalue weighted by atomic mass is 10.2. The summed E-state index contributed by atoms with van der Waals surface area (Å²) in [4.78, 5) is 0. The van der Waals surface area contributed by atoms with Crippen LogP contribution in [0, 0.1) is 11.6 Å². The molecule has 0 aliphatic heterocycles. The number of rotatable bonds is 3. The minimum atomic E-state index is -0.713. The molecule has 4 heteroatoms. The molecule has 1 rings (SSSR count). The third-order valence-corrected chi connectivity index (χ3v) is 1.70. The lowest BCUT2D eigenvalue weighted by Gasteiger charge is -2.03. The van der Waals surface area contributed by atoms with Crippen LogP contribution in [-0.2, 0) is 0 Å². The summed E-state index contributed by atoms with van der Waals surface area (Å²) in [6, 6.07) is 2.08. The molecule has 0 radical (unpaired) electrons. The quantitative estimate of drug-likeness (QED) is 0.807. The molecule has 1 aromatic carbocycles. The van der Waals surface area contributed by atoms with E-state index in [1.165, 1.54) is 19.3 Å². The molecule has 0 amide bonds. The topological polar surface area (TPSA) is 35.2 Å². The van der Waals surface area contributed by atoms with Gasteiger partial charge in [-0.1, -0.05) is 12.2 Å². The van der Waals surface area contributed by atoms with Crippen molar-refractivity contribution < 1.29 is 13.5 Å². The monoisotopic (exact) mass is 199 g/mol. The predicted molar refractivity (Wildman–Crippen MR) is 51.0 cm³/mol. The fourth-order valence-electron chi connectivity index (χ4n) is 1.02. The molecule has 0 heterocycles. The van der Waals surface area contributed by atoms with E-state index in [9.17, 15) is 8.78 Å².